The fourth-order valence-corrected chi connectivity index (χ4v) is 2.81. The van der Waals surface area contributed by atoms with Crippen LogP contribution in [0, 0.1) is 6.92 Å². The summed E-state index contributed by atoms with van der Waals surface area (Å²) >= 11 is 6.26. The van der Waals surface area contributed by atoms with E-state index in [2.05, 4.69) is 9.73 Å². The highest BCUT2D eigenvalue weighted by Gasteiger charge is 2.24. The summed E-state index contributed by atoms with van der Waals surface area (Å²) in [5, 5.41) is 0.203. The van der Waals surface area contributed by atoms with Crippen molar-refractivity contribution in [3.63, 3.8) is 0 Å². The van der Waals surface area contributed by atoms with Gasteiger partial charge in [-0.15, -0.1) is 0 Å². The molecule has 1 aliphatic rings. The Morgan fingerprint density at radius 3 is 2.59 bits per heavy atom. The molecule has 0 saturated carbocycles. The number of halogens is 1. The molecule has 1 aliphatic heterocycles. The third-order valence-corrected chi connectivity index (χ3v) is 4.32. The van der Waals surface area contributed by atoms with Gasteiger partial charge in [-0.05, 0) is 42.8 Å². The summed E-state index contributed by atoms with van der Waals surface area (Å²) in [6, 6.07) is 10.7. The lowest BCUT2D eigenvalue weighted by Crippen LogP contribution is -2.13. The van der Waals surface area contributed by atoms with E-state index >= 15 is 0 Å². The van der Waals surface area contributed by atoms with Crippen molar-refractivity contribution in [1.29, 1.82) is 0 Å². The average molecular weight is 416 g/mol. The number of aryl methyl sites for hydroxylation is 1. The molecule has 0 bridgehead atoms. The first-order valence-electron chi connectivity index (χ1n) is 8.58. The van der Waals surface area contributed by atoms with E-state index in [9.17, 15) is 9.59 Å². The number of methoxy groups -OCH3 is 2. The third kappa shape index (κ3) is 4.75. The summed E-state index contributed by atoms with van der Waals surface area (Å²) < 4.78 is 20.5. The van der Waals surface area contributed by atoms with Gasteiger partial charge >= 0.3 is 11.9 Å². The molecule has 0 saturated heterocycles. The molecule has 2 aromatic carbocycles. The van der Waals surface area contributed by atoms with Gasteiger partial charge in [-0.2, -0.15) is 0 Å². The molecule has 7 nitrogen and oxygen atoms in total. The molecular weight excluding hydrogens is 398 g/mol. The molecule has 0 unspecified atom stereocenters. The lowest BCUT2D eigenvalue weighted by atomic mass is 10.1. The Kier molecular flexibility index (Phi) is 6.19. The van der Waals surface area contributed by atoms with E-state index in [0.717, 1.165) is 5.56 Å². The molecule has 8 heteroatoms. The van der Waals surface area contributed by atoms with Gasteiger partial charge in [0.1, 0.15) is 0 Å². The minimum Gasteiger partial charge on any atom is -0.493 e. The molecule has 0 aliphatic carbocycles. The highest BCUT2D eigenvalue weighted by Crippen LogP contribution is 2.37. The van der Waals surface area contributed by atoms with Gasteiger partial charge in [0.15, 0.2) is 23.8 Å². The van der Waals surface area contributed by atoms with Crippen LogP contribution in [-0.4, -0.2) is 38.7 Å². The van der Waals surface area contributed by atoms with E-state index in [0.29, 0.717) is 16.9 Å². The van der Waals surface area contributed by atoms with Gasteiger partial charge < -0.3 is 18.9 Å². The summed E-state index contributed by atoms with van der Waals surface area (Å²) in [5.41, 5.74) is 2.47. The van der Waals surface area contributed by atoms with Gasteiger partial charge in [-0.25, -0.2) is 14.6 Å². The van der Waals surface area contributed by atoms with Crippen molar-refractivity contribution >= 4 is 35.5 Å². The maximum Gasteiger partial charge on any atom is 0.363 e. The van der Waals surface area contributed by atoms with Crippen molar-refractivity contribution in [2.24, 2.45) is 4.99 Å². The van der Waals surface area contributed by atoms with E-state index in [4.69, 9.17) is 25.8 Å². The molecule has 0 N–H and O–H groups in total. The zero-order chi connectivity index (χ0) is 21.0. The number of carbonyl (C=O) groups is 2. The normalized spacial score (nSPS) is 14.4. The standard InChI is InChI=1S/C21H18ClNO6/c1-12-4-6-14(7-5-12)20-23-16(21(25)29-20)9-13-8-15(22)19(17(10-13)26-2)28-11-18(24)27-3/h4-10H,11H2,1-3H3/b16-9+. The largest absolute Gasteiger partial charge is 0.493 e. The van der Waals surface area contributed by atoms with Crippen molar-refractivity contribution in [2.45, 2.75) is 6.92 Å². The Labute approximate surface area is 172 Å². The number of benzene rings is 2. The fraction of sp³-hybridized carbons (Fsp3) is 0.190. The molecule has 1 heterocycles. The number of hydrogen-bond donors (Lipinski definition) is 0. The predicted molar refractivity (Wildman–Crippen MR) is 107 cm³/mol. The van der Waals surface area contributed by atoms with Crippen LogP contribution < -0.4 is 9.47 Å². The minimum atomic E-state index is -0.568. The lowest BCUT2D eigenvalue weighted by molar-refractivity contribution is -0.143. The second-order valence-electron chi connectivity index (χ2n) is 6.10. The Bertz CT molecular complexity index is 1010. The Morgan fingerprint density at radius 2 is 1.93 bits per heavy atom. The third-order valence-electron chi connectivity index (χ3n) is 4.04. The lowest BCUT2D eigenvalue weighted by Gasteiger charge is -2.12. The first-order valence-corrected chi connectivity index (χ1v) is 8.96. The Balaban J connectivity index is 1.89. The van der Waals surface area contributed by atoms with Gasteiger partial charge in [0.2, 0.25) is 5.90 Å². The molecule has 0 atom stereocenters. The minimum absolute atomic E-state index is 0.127. The van der Waals surface area contributed by atoms with Crippen LogP contribution in [0.15, 0.2) is 47.1 Å². The summed E-state index contributed by atoms with van der Waals surface area (Å²) in [6.07, 6.45) is 1.53. The zero-order valence-electron chi connectivity index (χ0n) is 16.0. The summed E-state index contributed by atoms with van der Waals surface area (Å²) in [4.78, 5) is 27.8. The number of hydrogen-bond acceptors (Lipinski definition) is 7. The average Bonchev–Trinajstić information content (AvgIpc) is 3.07. The first-order chi connectivity index (χ1) is 13.9. The molecule has 29 heavy (non-hydrogen) atoms. The van der Waals surface area contributed by atoms with Crippen LogP contribution in [0.3, 0.4) is 0 Å². The molecule has 0 fully saturated rings. The van der Waals surface area contributed by atoms with Crippen LogP contribution in [0.4, 0.5) is 0 Å². The molecule has 0 radical (unpaired) electrons. The second kappa shape index (κ2) is 8.79. The Hall–Kier alpha value is -3.32. The van der Waals surface area contributed by atoms with Gasteiger partial charge in [0.25, 0.3) is 0 Å². The van der Waals surface area contributed by atoms with Crippen LogP contribution in [0.1, 0.15) is 16.7 Å². The van der Waals surface area contributed by atoms with Crippen molar-refractivity contribution < 1.29 is 28.5 Å². The van der Waals surface area contributed by atoms with Gasteiger partial charge in [0.05, 0.1) is 19.2 Å². The van der Waals surface area contributed by atoms with E-state index in [1.54, 1.807) is 12.1 Å². The second-order valence-corrected chi connectivity index (χ2v) is 6.51. The quantitative estimate of drug-likeness (QED) is 0.530. The number of esters is 2. The van der Waals surface area contributed by atoms with E-state index < -0.39 is 11.9 Å². The van der Waals surface area contributed by atoms with Gasteiger partial charge in [-0.1, -0.05) is 29.3 Å². The number of nitrogens with zero attached hydrogens (tertiary/aromatic N) is 1. The number of carbonyl (C=O) groups excluding carboxylic acids is 2. The monoisotopic (exact) mass is 415 g/mol. The van der Waals surface area contributed by atoms with Crippen molar-refractivity contribution in [3.8, 4) is 11.5 Å². The zero-order valence-corrected chi connectivity index (χ0v) is 16.8. The van der Waals surface area contributed by atoms with E-state index in [-0.39, 0.29) is 29.0 Å². The van der Waals surface area contributed by atoms with Crippen LogP contribution in [0.2, 0.25) is 5.02 Å². The predicted octanol–water partition coefficient (Wildman–Crippen LogP) is 3.55. The van der Waals surface area contributed by atoms with Crippen LogP contribution in [0.25, 0.3) is 6.08 Å². The topological polar surface area (TPSA) is 83.4 Å². The summed E-state index contributed by atoms with van der Waals surface area (Å²) in [6.45, 7) is 1.65. The molecule has 3 rings (SSSR count). The van der Waals surface area contributed by atoms with Gasteiger partial charge in [-0.3, -0.25) is 0 Å². The van der Waals surface area contributed by atoms with Crippen LogP contribution in [0.5, 0.6) is 11.5 Å². The SMILES string of the molecule is COC(=O)COc1c(Cl)cc(/C=C2/N=C(c3ccc(C)cc3)OC2=O)cc1OC. The summed E-state index contributed by atoms with van der Waals surface area (Å²) in [7, 11) is 2.69. The molecule has 0 amide bonds. The van der Waals surface area contributed by atoms with E-state index in [1.165, 1.54) is 20.3 Å². The van der Waals surface area contributed by atoms with Crippen molar-refractivity contribution in [2.75, 3.05) is 20.8 Å². The number of ether oxygens (including phenoxy) is 4. The number of rotatable bonds is 6. The van der Waals surface area contributed by atoms with Gasteiger partial charge in [0, 0.05) is 5.56 Å². The first kappa shape index (κ1) is 20.4. The molecular formula is C21H18ClNO6. The summed E-state index contributed by atoms with van der Waals surface area (Å²) in [5.74, 6) is -0.401. The number of aliphatic imine (C=N–C) groups is 1. The number of cyclic esters (lactones) is 1. The smallest absolute Gasteiger partial charge is 0.363 e. The molecule has 0 spiro atoms. The Morgan fingerprint density at radius 1 is 1.21 bits per heavy atom. The maximum absolute atomic E-state index is 12.2. The van der Waals surface area contributed by atoms with Crippen LogP contribution >= 0.6 is 11.6 Å². The highest BCUT2D eigenvalue weighted by molar-refractivity contribution is 6.32. The maximum atomic E-state index is 12.2. The van der Waals surface area contributed by atoms with Crippen molar-refractivity contribution in [1.82, 2.24) is 0 Å². The fourth-order valence-electron chi connectivity index (χ4n) is 2.54. The van der Waals surface area contributed by atoms with E-state index in [1.807, 2.05) is 31.2 Å². The highest BCUT2D eigenvalue weighted by atomic mass is 35.5. The molecule has 2 aromatic rings. The molecule has 0 aromatic heterocycles. The van der Waals surface area contributed by atoms with Crippen LogP contribution in [-0.2, 0) is 19.1 Å². The van der Waals surface area contributed by atoms with Crippen molar-refractivity contribution in [3.05, 3.63) is 63.8 Å². The molecule has 150 valence electrons.